The van der Waals surface area contributed by atoms with Gasteiger partial charge in [-0.1, -0.05) is 42.5 Å². The van der Waals surface area contributed by atoms with Crippen LogP contribution in [0.4, 0.5) is 0 Å². The normalized spacial score (nSPS) is 11.3. The molecule has 194 valence electrons. The minimum Gasteiger partial charge on any atom is -0.456 e. The molecule has 2 aromatic heterocycles. The van der Waals surface area contributed by atoms with Crippen LogP contribution in [0.3, 0.4) is 0 Å². The van der Waals surface area contributed by atoms with Crippen molar-refractivity contribution >= 4 is 43.9 Å². The molecule has 0 aliphatic heterocycles. The Hall–Kier alpha value is -6.10. The molecule has 2 heterocycles. The fraction of sp³-hybridized carbons (Fsp3) is 0. The van der Waals surface area contributed by atoms with Crippen LogP contribution in [0.2, 0.25) is 0 Å². The molecule has 0 radical (unpaired) electrons. The van der Waals surface area contributed by atoms with Crippen LogP contribution in [-0.2, 0) is 0 Å². The molecule has 0 N–H and O–H groups in total. The van der Waals surface area contributed by atoms with Gasteiger partial charge in [-0.15, -0.1) is 0 Å². The Morgan fingerprint density at radius 2 is 0.857 bits per heavy atom. The Balaban J connectivity index is 1.35. The Bertz CT molecular complexity index is 2450. The number of nitrogens with zero attached hydrogens (tertiary/aromatic N) is 2. The van der Waals surface area contributed by atoms with E-state index in [2.05, 4.69) is 60.7 Å². The smallest absolute Gasteiger partial charge is 0.135 e. The summed E-state index contributed by atoms with van der Waals surface area (Å²) in [5.41, 5.74) is 10.6. The number of hydrogen-bond acceptors (Lipinski definition) is 4. The molecule has 0 spiro atoms. The molecule has 8 rings (SSSR count). The molecule has 0 aliphatic rings. The van der Waals surface area contributed by atoms with Crippen molar-refractivity contribution in [2.24, 2.45) is 0 Å². The number of nitriles is 2. The van der Waals surface area contributed by atoms with Gasteiger partial charge in [0.25, 0.3) is 0 Å². The number of rotatable bonds is 3. The molecule has 0 aliphatic carbocycles. The predicted octanol–water partition coefficient (Wildman–Crippen LogP) is 10.2. The second-order valence-corrected chi connectivity index (χ2v) is 10.4. The minimum absolute atomic E-state index is 0.597. The number of benzene rings is 6. The van der Waals surface area contributed by atoms with Crippen LogP contribution in [-0.4, -0.2) is 0 Å². The summed E-state index contributed by atoms with van der Waals surface area (Å²) in [4.78, 5) is 0. The second-order valence-electron chi connectivity index (χ2n) is 10.4. The minimum atomic E-state index is 0.597. The van der Waals surface area contributed by atoms with Gasteiger partial charge in [0.2, 0.25) is 0 Å². The van der Waals surface area contributed by atoms with E-state index < -0.39 is 0 Å². The van der Waals surface area contributed by atoms with E-state index in [0.29, 0.717) is 11.1 Å². The largest absolute Gasteiger partial charge is 0.456 e. The molecule has 0 saturated carbocycles. The van der Waals surface area contributed by atoms with E-state index in [1.807, 2.05) is 66.7 Å². The zero-order chi connectivity index (χ0) is 28.2. The Labute approximate surface area is 240 Å². The number of para-hydroxylation sites is 1. The molecule has 0 amide bonds. The first-order valence-electron chi connectivity index (χ1n) is 13.6. The van der Waals surface area contributed by atoms with Crippen LogP contribution < -0.4 is 0 Å². The Morgan fingerprint density at radius 1 is 0.357 bits per heavy atom. The van der Waals surface area contributed by atoms with Gasteiger partial charge in [0.1, 0.15) is 22.3 Å². The molecule has 8 aromatic rings. The summed E-state index contributed by atoms with van der Waals surface area (Å²) in [5, 5.41) is 23.1. The first-order valence-corrected chi connectivity index (χ1v) is 13.6. The highest BCUT2D eigenvalue weighted by Crippen LogP contribution is 2.38. The maximum absolute atomic E-state index is 9.56. The van der Waals surface area contributed by atoms with E-state index in [9.17, 15) is 10.5 Å². The highest BCUT2D eigenvalue weighted by Gasteiger charge is 2.14. The summed E-state index contributed by atoms with van der Waals surface area (Å²) >= 11 is 0. The van der Waals surface area contributed by atoms with Crippen molar-refractivity contribution in [2.45, 2.75) is 0 Å². The van der Waals surface area contributed by atoms with Gasteiger partial charge in [-0.25, -0.2) is 0 Å². The van der Waals surface area contributed by atoms with Crippen LogP contribution in [0.1, 0.15) is 11.1 Å². The Morgan fingerprint density at radius 3 is 1.50 bits per heavy atom. The molecule has 4 heteroatoms. The first kappa shape index (κ1) is 23.8. The average molecular weight is 537 g/mol. The maximum atomic E-state index is 9.56. The third kappa shape index (κ3) is 3.83. The van der Waals surface area contributed by atoms with E-state index in [1.54, 1.807) is 6.07 Å². The van der Waals surface area contributed by atoms with Crippen molar-refractivity contribution in [2.75, 3.05) is 0 Å². The van der Waals surface area contributed by atoms with Crippen LogP contribution in [0, 0.1) is 22.7 Å². The SMILES string of the molecule is N#Cc1cccc(-c2cc(-c3ccc4oc5ccccc5c4c3)cc(-c3ccc4oc5ccc(C#N)cc5c4c3)c2)c1. The van der Waals surface area contributed by atoms with Crippen molar-refractivity contribution in [3.63, 3.8) is 0 Å². The number of furan rings is 2. The van der Waals surface area contributed by atoms with E-state index >= 15 is 0 Å². The zero-order valence-corrected chi connectivity index (χ0v) is 22.3. The van der Waals surface area contributed by atoms with Gasteiger partial charge in [0, 0.05) is 21.5 Å². The van der Waals surface area contributed by atoms with Crippen LogP contribution in [0.15, 0.2) is 130 Å². The molecule has 0 saturated heterocycles. The van der Waals surface area contributed by atoms with Crippen molar-refractivity contribution in [3.8, 4) is 45.5 Å². The summed E-state index contributed by atoms with van der Waals surface area (Å²) in [6.07, 6.45) is 0. The van der Waals surface area contributed by atoms with Gasteiger partial charge in [-0.3, -0.25) is 0 Å². The van der Waals surface area contributed by atoms with E-state index in [1.165, 1.54) is 0 Å². The highest BCUT2D eigenvalue weighted by molar-refractivity contribution is 6.08. The van der Waals surface area contributed by atoms with Gasteiger partial charge in [-0.2, -0.15) is 10.5 Å². The fourth-order valence-corrected chi connectivity index (χ4v) is 5.83. The molecule has 0 fully saturated rings. The van der Waals surface area contributed by atoms with Crippen molar-refractivity contribution in [3.05, 3.63) is 132 Å². The van der Waals surface area contributed by atoms with Gasteiger partial charge in [0.05, 0.1) is 23.3 Å². The molecular formula is C38H20N2O2. The lowest BCUT2D eigenvalue weighted by Gasteiger charge is -2.12. The van der Waals surface area contributed by atoms with Gasteiger partial charge in [0.15, 0.2) is 0 Å². The van der Waals surface area contributed by atoms with Crippen molar-refractivity contribution in [1.29, 1.82) is 10.5 Å². The average Bonchev–Trinajstić information content (AvgIpc) is 3.61. The van der Waals surface area contributed by atoms with E-state index in [-0.39, 0.29) is 0 Å². The predicted molar refractivity (Wildman–Crippen MR) is 167 cm³/mol. The molecule has 0 bridgehead atoms. The van der Waals surface area contributed by atoms with Crippen LogP contribution in [0.25, 0.3) is 77.3 Å². The van der Waals surface area contributed by atoms with Crippen molar-refractivity contribution < 1.29 is 8.83 Å². The third-order valence-electron chi connectivity index (χ3n) is 7.90. The summed E-state index contributed by atoms with van der Waals surface area (Å²) in [5.74, 6) is 0. The monoisotopic (exact) mass is 536 g/mol. The molecule has 0 atom stereocenters. The van der Waals surface area contributed by atoms with Crippen LogP contribution in [0.5, 0.6) is 0 Å². The lowest BCUT2D eigenvalue weighted by Crippen LogP contribution is -1.87. The van der Waals surface area contributed by atoms with Gasteiger partial charge < -0.3 is 8.83 Å². The molecule has 42 heavy (non-hydrogen) atoms. The lowest BCUT2D eigenvalue weighted by atomic mass is 9.92. The summed E-state index contributed by atoms with van der Waals surface area (Å²) in [6.45, 7) is 0. The molecule has 0 unspecified atom stereocenters. The molecular weight excluding hydrogens is 516 g/mol. The summed E-state index contributed by atoms with van der Waals surface area (Å²) in [7, 11) is 0. The number of hydrogen-bond donors (Lipinski definition) is 0. The van der Waals surface area contributed by atoms with Gasteiger partial charge >= 0.3 is 0 Å². The lowest BCUT2D eigenvalue weighted by molar-refractivity contribution is 0.668. The van der Waals surface area contributed by atoms with Crippen LogP contribution >= 0.6 is 0 Å². The molecule has 4 nitrogen and oxygen atoms in total. The van der Waals surface area contributed by atoms with Gasteiger partial charge in [-0.05, 0) is 112 Å². The molecule has 6 aromatic carbocycles. The zero-order valence-electron chi connectivity index (χ0n) is 22.3. The van der Waals surface area contributed by atoms with E-state index in [4.69, 9.17) is 8.83 Å². The highest BCUT2D eigenvalue weighted by atomic mass is 16.3. The maximum Gasteiger partial charge on any atom is 0.135 e. The topological polar surface area (TPSA) is 73.9 Å². The standard InChI is InChI=1S/C38H20N2O2/c39-21-23-4-3-5-25(14-23)28-16-29(26-9-12-37-33(19-26)31-6-1-2-7-35(31)41-37)18-30(17-28)27-10-13-38-34(20-27)32-15-24(22-40)8-11-36(32)42-38/h1-20H. The van der Waals surface area contributed by atoms with Crippen molar-refractivity contribution in [1.82, 2.24) is 0 Å². The number of fused-ring (bicyclic) bond motifs is 6. The van der Waals surface area contributed by atoms with E-state index in [0.717, 1.165) is 77.3 Å². The Kier molecular flexibility index (Phi) is 5.22. The second kappa shape index (κ2) is 9.24. The first-order chi connectivity index (χ1) is 20.7. The summed E-state index contributed by atoms with van der Waals surface area (Å²) < 4.78 is 12.2. The quantitative estimate of drug-likeness (QED) is 0.225. The fourth-order valence-electron chi connectivity index (χ4n) is 5.83. The summed E-state index contributed by atoms with van der Waals surface area (Å²) in [6, 6.07) is 44.8. The third-order valence-corrected chi connectivity index (χ3v) is 7.90.